The maximum absolute atomic E-state index is 11.2. The molecule has 0 atom stereocenters. The standard InChI is InChI=1S/C11H11N3OS/c12-7-1-2-9(11(13)15)10(5-7)14-8-3-4-16-6-8/h1-6,14H,12H2,(H2,13,15). The number of rotatable bonds is 3. The second kappa shape index (κ2) is 4.24. The molecule has 0 aliphatic rings. The largest absolute Gasteiger partial charge is 0.399 e. The number of nitrogen functional groups attached to an aromatic ring is 1. The Kier molecular flexibility index (Phi) is 2.78. The van der Waals surface area contributed by atoms with Gasteiger partial charge in [-0.25, -0.2) is 0 Å². The molecular formula is C11H11N3OS. The number of thiophene rings is 1. The molecule has 2 aromatic rings. The minimum Gasteiger partial charge on any atom is -0.399 e. The molecule has 0 radical (unpaired) electrons. The summed E-state index contributed by atoms with van der Waals surface area (Å²) in [7, 11) is 0. The molecule has 5 N–H and O–H groups in total. The number of hydrogen-bond acceptors (Lipinski definition) is 4. The van der Waals surface area contributed by atoms with E-state index >= 15 is 0 Å². The van der Waals surface area contributed by atoms with Crippen molar-refractivity contribution in [3.63, 3.8) is 0 Å². The predicted octanol–water partition coefficient (Wildman–Crippen LogP) is 2.17. The molecule has 0 saturated carbocycles. The van der Waals surface area contributed by atoms with Crippen LogP contribution < -0.4 is 16.8 Å². The van der Waals surface area contributed by atoms with Crippen molar-refractivity contribution in [2.24, 2.45) is 5.73 Å². The summed E-state index contributed by atoms with van der Waals surface area (Å²) >= 11 is 1.57. The number of anilines is 3. The average Bonchev–Trinajstić information content (AvgIpc) is 2.70. The van der Waals surface area contributed by atoms with Gasteiger partial charge in [-0.15, -0.1) is 0 Å². The van der Waals surface area contributed by atoms with Gasteiger partial charge in [0, 0.05) is 16.8 Å². The molecule has 5 heteroatoms. The van der Waals surface area contributed by atoms with E-state index in [2.05, 4.69) is 5.32 Å². The van der Waals surface area contributed by atoms with E-state index in [1.54, 1.807) is 29.5 Å². The van der Waals surface area contributed by atoms with E-state index in [9.17, 15) is 4.79 Å². The van der Waals surface area contributed by atoms with Crippen LogP contribution in [0.3, 0.4) is 0 Å². The number of hydrogen-bond donors (Lipinski definition) is 3. The molecule has 2 rings (SSSR count). The van der Waals surface area contributed by atoms with Crippen LogP contribution in [0.15, 0.2) is 35.0 Å². The van der Waals surface area contributed by atoms with E-state index in [1.807, 2.05) is 16.8 Å². The van der Waals surface area contributed by atoms with Gasteiger partial charge in [0.1, 0.15) is 0 Å². The second-order valence-corrected chi connectivity index (χ2v) is 4.09. The van der Waals surface area contributed by atoms with E-state index in [4.69, 9.17) is 11.5 Å². The second-order valence-electron chi connectivity index (χ2n) is 3.31. The Balaban J connectivity index is 2.38. The van der Waals surface area contributed by atoms with Gasteiger partial charge in [-0.1, -0.05) is 0 Å². The summed E-state index contributed by atoms with van der Waals surface area (Å²) in [4.78, 5) is 11.2. The fourth-order valence-corrected chi connectivity index (χ4v) is 1.96. The van der Waals surface area contributed by atoms with Gasteiger partial charge in [0.05, 0.1) is 11.3 Å². The summed E-state index contributed by atoms with van der Waals surface area (Å²) in [5, 5.41) is 6.99. The lowest BCUT2D eigenvalue weighted by molar-refractivity contribution is 0.100. The summed E-state index contributed by atoms with van der Waals surface area (Å²) in [5.74, 6) is -0.474. The lowest BCUT2D eigenvalue weighted by Crippen LogP contribution is -2.13. The Bertz CT molecular complexity index is 508. The average molecular weight is 233 g/mol. The molecule has 16 heavy (non-hydrogen) atoms. The first kappa shape index (κ1) is 10.5. The first-order valence-corrected chi connectivity index (χ1v) is 5.59. The van der Waals surface area contributed by atoms with Gasteiger partial charge >= 0.3 is 0 Å². The molecule has 0 fully saturated rings. The van der Waals surface area contributed by atoms with Crippen LogP contribution in [0.5, 0.6) is 0 Å². The van der Waals surface area contributed by atoms with Crippen molar-refractivity contribution in [3.05, 3.63) is 40.6 Å². The van der Waals surface area contributed by atoms with Crippen molar-refractivity contribution in [3.8, 4) is 0 Å². The first-order valence-electron chi connectivity index (χ1n) is 4.65. The molecule has 0 aliphatic carbocycles. The van der Waals surface area contributed by atoms with Crippen LogP contribution >= 0.6 is 11.3 Å². The molecule has 1 aromatic carbocycles. The summed E-state index contributed by atoms with van der Waals surface area (Å²) in [6.07, 6.45) is 0. The molecule has 1 aromatic heterocycles. The van der Waals surface area contributed by atoms with Crippen LogP contribution in [-0.4, -0.2) is 5.91 Å². The highest BCUT2D eigenvalue weighted by Crippen LogP contribution is 2.24. The number of primary amides is 1. The normalized spacial score (nSPS) is 10.0. The van der Waals surface area contributed by atoms with Crippen LogP contribution in [0.25, 0.3) is 0 Å². The third kappa shape index (κ3) is 2.14. The van der Waals surface area contributed by atoms with E-state index < -0.39 is 5.91 Å². The van der Waals surface area contributed by atoms with Crippen LogP contribution in [-0.2, 0) is 0 Å². The minimum absolute atomic E-state index is 0.431. The van der Waals surface area contributed by atoms with Gasteiger partial charge in [-0.3, -0.25) is 4.79 Å². The van der Waals surface area contributed by atoms with Gasteiger partial charge < -0.3 is 16.8 Å². The van der Waals surface area contributed by atoms with Crippen molar-refractivity contribution < 1.29 is 4.79 Å². The van der Waals surface area contributed by atoms with Gasteiger partial charge in [-0.2, -0.15) is 11.3 Å². The SMILES string of the molecule is NC(=O)c1ccc(N)cc1Nc1ccsc1. The zero-order valence-electron chi connectivity index (χ0n) is 8.44. The number of benzene rings is 1. The fourth-order valence-electron chi connectivity index (χ4n) is 1.37. The topological polar surface area (TPSA) is 81.1 Å². The van der Waals surface area contributed by atoms with Crippen LogP contribution in [0.2, 0.25) is 0 Å². The summed E-state index contributed by atoms with van der Waals surface area (Å²) in [5.41, 5.74) is 13.5. The highest BCUT2D eigenvalue weighted by atomic mass is 32.1. The predicted molar refractivity (Wildman–Crippen MR) is 67.0 cm³/mol. The lowest BCUT2D eigenvalue weighted by Gasteiger charge is -2.09. The number of carbonyl (C=O) groups excluding carboxylic acids is 1. The third-order valence-electron chi connectivity index (χ3n) is 2.11. The van der Waals surface area contributed by atoms with Crippen molar-refractivity contribution in [2.45, 2.75) is 0 Å². The fraction of sp³-hybridized carbons (Fsp3) is 0. The summed E-state index contributed by atoms with van der Waals surface area (Å²) in [6, 6.07) is 6.88. The smallest absolute Gasteiger partial charge is 0.250 e. The molecule has 0 saturated heterocycles. The van der Waals surface area contributed by atoms with E-state index in [0.717, 1.165) is 5.69 Å². The summed E-state index contributed by atoms with van der Waals surface area (Å²) in [6.45, 7) is 0. The quantitative estimate of drug-likeness (QED) is 0.711. The Morgan fingerprint density at radius 1 is 1.31 bits per heavy atom. The Labute approximate surface area is 96.9 Å². The zero-order valence-corrected chi connectivity index (χ0v) is 9.25. The van der Waals surface area contributed by atoms with Crippen molar-refractivity contribution in [1.82, 2.24) is 0 Å². The molecule has 1 amide bonds. The Morgan fingerprint density at radius 3 is 2.75 bits per heavy atom. The van der Waals surface area contributed by atoms with Gasteiger partial charge in [0.2, 0.25) is 0 Å². The molecule has 4 nitrogen and oxygen atoms in total. The number of nitrogens with one attached hydrogen (secondary N) is 1. The number of nitrogens with two attached hydrogens (primary N) is 2. The monoisotopic (exact) mass is 233 g/mol. The molecule has 0 unspecified atom stereocenters. The van der Waals surface area contributed by atoms with E-state index in [0.29, 0.717) is 16.9 Å². The lowest BCUT2D eigenvalue weighted by atomic mass is 10.1. The maximum Gasteiger partial charge on any atom is 0.250 e. The number of carbonyl (C=O) groups is 1. The minimum atomic E-state index is -0.474. The molecule has 1 heterocycles. The molecule has 0 bridgehead atoms. The highest BCUT2D eigenvalue weighted by molar-refractivity contribution is 7.08. The van der Waals surface area contributed by atoms with E-state index in [1.165, 1.54) is 0 Å². The zero-order chi connectivity index (χ0) is 11.5. The van der Waals surface area contributed by atoms with Crippen LogP contribution in [0.4, 0.5) is 17.1 Å². The molecule has 0 spiro atoms. The molecule has 82 valence electrons. The van der Waals surface area contributed by atoms with E-state index in [-0.39, 0.29) is 0 Å². The number of amides is 1. The highest BCUT2D eigenvalue weighted by Gasteiger charge is 2.08. The van der Waals surface area contributed by atoms with Crippen molar-refractivity contribution in [2.75, 3.05) is 11.1 Å². The maximum atomic E-state index is 11.2. The van der Waals surface area contributed by atoms with Gasteiger partial charge in [-0.05, 0) is 29.6 Å². The van der Waals surface area contributed by atoms with Gasteiger partial charge in [0.25, 0.3) is 5.91 Å². The Hall–Kier alpha value is -2.01. The molecular weight excluding hydrogens is 222 g/mol. The van der Waals surface area contributed by atoms with Gasteiger partial charge in [0.15, 0.2) is 0 Å². The molecule has 0 aliphatic heterocycles. The van der Waals surface area contributed by atoms with Crippen molar-refractivity contribution >= 4 is 34.3 Å². The first-order chi connectivity index (χ1) is 7.66. The van der Waals surface area contributed by atoms with Crippen LogP contribution in [0.1, 0.15) is 10.4 Å². The third-order valence-corrected chi connectivity index (χ3v) is 2.79. The van der Waals surface area contributed by atoms with Crippen molar-refractivity contribution in [1.29, 1.82) is 0 Å². The van der Waals surface area contributed by atoms with Crippen LogP contribution in [0, 0.1) is 0 Å². The summed E-state index contributed by atoms with van der Waals surface area (Å²) < 4.78 is 0. The Morgan fingerprint density at radius 2 is 2.12 bits per heavy atom.